The molecule has 11 heteroatoms. The van der Waals surface area contributed by atoms with Crippen molar-refractivity contribution < 1.29 is 9.72 Å². The highest BCUT2D eigenvalue weighted by molar-refractivity contribution is 7.99. The Hall–Kier alpha value is -2.17. The van der Waals surface area contributed by atoms with E-state index in [9.17, 15) is 14.9 Å². The van der Waals surface area contributed by atoms with Crippen LogP contribution in [0.2, 0.25) is 0 Å². The van der Waals surface area contributed by atoms with Crippen LogP contribution in [0.15, 0.2) is 34.6 Å². The average Bonchev–Trinajstić information content (AvgIpc) is 3.20. The zero-order valence-electron chi connectivity index (χ0n) is 14.9. The summed E-state index contributed by atoms with van der Waals surface area (Å²) < 4.78 is 1.67. The number of hydrogen-bond acceptors (Lipinski definition) is 7. The fraction of sp³-hybridized carbons (Fsp3) is 0.438. The summed E-state index contributed by atoms with van der Waals surface area (Å²) in [6.45, 7) is 3.08. The number of carbonyl (C=O) groups is 1. The summed E-state index contributed by atoms with van der Waals surface area (Å²) in [6, 6.07) is 4.62. The fourth-order valence-corrected chi connectivity index (χ4v) is 3.95. The first-order chi connectivity index (χ1) is 12.4. The Kier molecular flexibility index (Phi) is 6.79. The third kappa shape index (κ3) is 4.40. The molecule has 0 aliphatic carbocycles. The molecule has 2 unspecified atom stereocenters. The van der Waals surface area contributed by atoms with Crippen LogP contribution < -0.4 is 5.73 Å². The standard InChI is InChI=1S/C16H20N6O3S.ClH/c1-10-5-11(7-17)8-21(10)15(23)12-3-4-14(13(6-12)22(24)25)26-16-19-18-9-20(16)2;/h3-4,6,9-11H,5,7-8,17H2,1-2H3;1H. The first-order valence-electron chi connectivity index (χ1n) is 8.22. The second-order valence-corrected chi connectivity index (χ2v) is 7.42. The van der Waals surface area contributed by atoms with E-state index in [1.54, 1.807) is 28.6 Å². The maximum Gasteiger partial charge on any atom is 0.284 e. The summed E-state index contributed by atoms with van der Waals surface area (Å²) in [5, 5.41) is 19.7. The monoisotopic (exact) mass is 412 g/mol. The molecule has 2 aromatic rings. The smallest absolute Gasteiger partial charge is 0.284 e. The number of aryl methyl sites for hydroxylation is 1. The molecule has 0 saturated carbocycles. The minimum Gasteiger partial charge on any atom is -0.336 e. The third-order valence-corrected chi connectivity index (χ3v) is 5.65. The average molecular weight is 413 g/mol. The largest absolute Gasteiger partial charge is 0.336 e. The van der Waals surface area contributed by atoms with Crippen molar-refractivity contribution in [3.8, 4) is 0 Å². The van der Waals surface area contributed by atoms with Crippen LogP contribution >= 0.6 is 24.2 Å². The maximum atomic E-state index is 12.8. The van der Waals surface area contributed by atoms with E-state index in [4.69, 9.17) is 5.73 Å². The van der Waals surface area contributed by atoms with Crippen molar-refractivity contribution in [2.24, 2.45) is 18.7 Å². The third-order valence-electron chi connectivity index (χ3n) is 4.53. The molecule has 9 nitrogen and oxygen atoms in total. The highest BCUT2D eigenvalue weighted by Gasteiger charge is 2.33. The molecule has 146 valence electrons. The highest BCUT2D eigenvalue weighted by Crippen LogP contribution is 2.35. The van der Waals surface area contributed by atoms with E-state index >= 15 is 0 Å². The van der Waals surface area contributed by atoms with Crippen LogP contribution in [-0.2, 0) is 7.05 Å². The van der Waals surface area contributed by atoms with Crippen molar-refractivity contribution in [2.75, 3.05) is 13.1 Å². The van der Waals surface area contributed by atoms with E-state index in [1.165, 1.54) is 12.4 Å². The molecular weight excluding hydrogens is 392 g/mol. The Morgan fingerprint density at radius 3 is 2.78 bits per heavy atom. The lowest BCUT2D eigenvalue weighted by Gasteiger charge is -2.21. The van der Waals surface area contributed by atoms with Gasteiger partial charge in [-0.25, -0.2) is 0 Å². The van der Waals surface area contributed by atoms with Crippen LogP contribution in [-0.4, -0.2) is 49.6 Å². The van der Waals surface area contributed by atoms with Gasteiger partial charge in [-0.05, 0) is 49.7 Å². The molecule has 0 radical (unpaired) electrons. The second-order valence-electron chi connectivity index (χ2n) is 6.41. The van der Waals surface area contributed by atoms with Gasteiger partial charge in [0.1, 0.15) is 6.33 Å². The Morgan fingerprint density at radius 1 is 1.48 bits per heavy atom. The van der Waals surface area contributed by atoms with Crippen molar-refractivity contribution in [3.63, 3.8) is 0 Å². The summed E-state index contributed by atoms with van der Waals surface area (Å²) in [5.74, 6) is 0.0708. The fourth-order valence-electron chi connectivity index (χ4n) is 3.10. The number of amides is 1. The quantitative estimate of drug-likeness (QED) is 0.589. The minimum absolute atomic E-state index is 0. The predicted molar refractivity (Wildman–Crippen MR) is 103 cm³/mol. The Balaban J connectivity index is 0.00000261. The summed E-state index contributed by atoms with van der Waals surface area (Å²) in [4.78, 5) is 26.0. The minimum atomic E-state index is -0.481. The van der Waals surface area contributed by atoms with Gasteiger partial charge in [0.25, 0.3) is 11.6 Å². The van der Waals surface area contributed by atoms with E-state index in [1.807, 2.05) is 6.92 Å². The molecule has 2 atom stereocenters. The van der Waals surface area contributed by atoms with Crippen LogP contribution in [0.4, 0.5) is 5.69 Å². The van der Waals surface area contributed by atoms with Gasteiger partial charge in [-0.1, -0.05) is 0 Å². The van der Waals surface area contributed by atoms with Crippen LogP contribution in [0.3, 0.4) is 0 Å². The Labute approximate surface area is 166 Å². The molecule has 1 amide bonds. The van der Waals surface area contributed by atoms with Gasteiger partial charge >= 0.3 is 0 Å². The summed E-state index contributed by atoms with van der Waals surface area (Å²) >= 11 is 1.14. The number of halogens is 1. The zero-order chi connectivity index (χ0) is 18.8. The highest BCUT2D eigenvalue weighted by atomic mass is 35.5. The molecule has 1 aromatic heterocycles. The lowest BCUT2D eigenvalue weighted by Crippen LogP contribution is -2.34. The molecule has 2 heterocycles. The number of nitro groups is 1. The number of nitrogens with zero attached hydrogens (tertiary/aromatic N) is 5. The summed E-state index contributed by atoms with van der Waals surface area (Å²) in [6.07, 6.45) is 2.37. The van der Waals surface area contributed by atoms with E-state index in [0.717, 1.165) is 18.2 Å². The zero-order valence-corrected chi connectivity index (χ0v) is 16.6. The molecule has 1 aromatic carbocycles. The number of rotatable bonds is 5. The van der Waals surface area contributed by atoms with Crippen molar-refractivity contribution in [3.05, 3.63) is 40.2 Å². The molecule has 2 N–H and O–H groups in total. The number of aromatic nitrogens is 3. The van der Waals surface area contributed by atoms with Crippen molar-refractivity contribution in [1.29, 1.82) is 0 Å². The van der Waals surface area contributed by atoms with Gasteiger partial charge in [0, 0.05) is 31.3 Å². The lowest BCUT2D eigenvalue weighted by molar-refractivity contribution is -0.387. The van der Waals surface area contributed by atoms with E-state index < -0.39 is 4.92 Å². The maximum absolute atomic E-state index is 12.8. The molecule has 0 bridgehead atoms. The van der Waals surface area contributed by atoms with Gasteiger partial charge in [0.05, 0.1) is 9.82 Å². The number of carbonyl (C=O) groups excluding carboxylic acids is 1. The molecule has 1 aliphatic rings. The number of benzene rings is 1. The van der Waals surface area contributed by atoms with E-state index in [0.29, 0.717) is 28.7 Å². The number of likely N-dealkylation sites (tertiary alicyclic amines) is 1. The van der Waals surface area contributed by atoms with Gasteiger partial charge in [-0.2, -0.15) is 0 Å². The van der Waals surface area contributed by atoms with Gasteiger partial charge in [-0.15, -0.1) is 22.6 Å². The summed E-state index contributed by atoms with van der Waals surface area (Å²) in [5.41, 5.74) is 5.90. The molecule has 0 spiro atoms. The molecular formula is C16H21ClN6O3S. The number of nitro benzene ring substituents is 1. The van der Waals surface area contributed by atoms with Crippen LogP contribution in [0.1, 0.15) is 23.7 Å². The molecule has 1 fully saturated rings. The lowest BCUT2D eigenvalue weighted by atomic mass is 10.1. The number of hydrogen-bond donors (Lipinski definition) is 1. The second kappa shape index (κ2) is 8.68. The van der Waals surface area contributed by atoms with E-state index in [-0.39, 0.29) is 36.0 Å². The molecule has 1 saturated heterocycles. The molecule has 1 aliphatic heterocycles. The van der Waals surface area contributed by atoms with Crippen molar-refractivity contribution in [2.45, 2.75) is 29.4 Å². The van der Waals surface area contributed by atoms with Crippen LogP contribution in [0.25, 0.3) is 0 Å². The van der Waals surface area contributed by atoms with Crippen molar-refractivity contribution in [1.82, 2.24) is 19.7 Å². The van der Waals surface area contributed by atoms with Gasteiger partial charge < -0.3 is 15.2 Å². The van der Waals surface area contributed by atoms with Crippen LogP contribution in [0.5, 0.6) is 0 Å². The SMILES string of the molecule is CC1CC(CN)CN1C(=O)c1ccc(Sc2nncn2C)c([N+](=O)[O-])c1.Cl. The first-order valence-corrected chi connectivity index (χ1v) is 9.03. The Morgan fingerprint density at radius 2 is 2.22 bits per heavy atom. The van der Waals surface area contributed by atoms with Gasteiger partial charge in [0.15, 0.2) is 5.16 Å². The van der Waals surface area contributed by atoms with Crippen LogP contribution in [0, 0.1) is 16.0 Å². The molecule has 27 heavy (non-hydrogen) atoms. The molecule has 3 rings (SSSR count). The Bertz CT molecular complexity index is 845. The van der Waals surface area contributed by atoms with E-state index in [2.05, 4.69) is 10.2 Å². The number of nitrogens with two attached hydrogens (primary N) is 1. The first kappa shape index (κ1) is 21.1. The topological polar surface area (TPSA) is 120 Å². The van der Waals surface area contributed by atoms with Gasteiger partial charge in [0.2, 0.25) is 0 Å². The van der Waals surface area contributed by atoms with Crippen molar-refractivity contribution >= 4 is 35.8 Å². The van der Waals surface area contributed by atoms with Gasteiger partial charge in [-0.3, -0.25) is 14.9 Å². The summed E-state index contributed by atoms with van der Waals surface area (Å²) in [7, 11) is 1.76. The predicted octanol–water partition coefficient (Wildman–Crippen LogP) is 2.11. The normalized spacial score (nSPS) is 19.0.